The Bertz CT molecular complexity index is 3580. The lowest BCUT2D eigenvalue weighted by atomic mass is 9.82. The quantitative estimate of drug-likeness (QED) is 0.173. The van der Waals surface area contributed by atoms with Crippen LogP contribution in [-0.2, 0) is 0 Å². The van der Waals surface area contributed by atoms with Crippen molar-refractivity contribution in [2.24, 2.45) is 0 Å². The first-order valence-corrected chi connectivity index (χ1v) is 16.9. The summed E-state index contributed by atoms with van der Waals surface area (Å²) in [7, 11) is 0. The van der Waals surface area contributed by atoms with E-state index >= 15 is 0 Å². The van der Waals surface area contributed by atoms with Gasteiger partial charge < -0.3 is 4.42 Å². The molecule has 0 aliphatic rings. The molecule has 0 radical (unpaired) electrons. The molecular formula is C50H30O. The van der Waals surface area contributed by atoms with Crippen molar-refractivity contribution in [3.63, 3.8) is 0 Å². The Morgan fingerprint density at radius 3 is 1.57 bits per heavy atom. The summed E-state index contributed by atoms with van der Waals surface area (Å²) in [6, 6.07) is 40.5. The highest BCUT2D eigenvalue weighted by atomic mass is 16.3. The zero-order valence-corrected chi connectivity index (χ0v) is 27.1. The van der Waals surface area contributed by atoms with Crippen LogP contribution >= 0.6 is 0 Å². The van der Waals surface area contributed by atoms with Crippen LogP contribution in [0.15, 0.2) is 186 Å². The Labute approximate surface area is 305 Å². The molecule has 0 N–H and O–H groups in total. The van der Waals surface area contributed by atoms with Crippen LogP contribution in [0.1, 0.15) is 11.0 Å². The fourth-order valence-electron chi connectivity index (χ4n) is 8.01. The summed E-state index contributed by atoms with van der Waals surface area (Å²) in [4.78, 5) is 0. The lowest BCUT2D eigenvalue weighted by molar-refractivity contribution is 0.669. The van der Waals surface area contributed by atoms with E-state index in [-0.39, 0.29) is 45.7 Å². The van der Waals surface area contributed by atoms with Crippen molar-refractivity contribution in [3.8, 4) is 33.4 Å². The zero-order valence-electron chi connectivity index (χ0n) is 35.1. The normalized spacial score (nSPS) is 14.1. The van der Waals surface area contributed by atoms with Crippen LogP contribution in [0.4, 0.5) is 0 Å². The van der Waals surface area contributed by atoms with Crippen molar-refractivity contribution >= 4 is 75.8 Å². The topological polar surface area (TPSA) is 13.1 Å². The molecule has 0 bridgehead atoms. The smallest absolute Gasteiger partial charge is 0.136 e. The number of benzene rings is 10. The third kappa shape index (κ3) is 4.22. The highest BCUT2D eigenvalue weighted by Gasteiger charge is 2.21. The average Bonchev–Trinajstić information content (AvgIpc) is 3.66. The SMILES string of the molecule is [2H]c1c([2H])c([2H])c2c(-c3cccc4ccccc34)c3c([2H])c([2H])c([2H])c([2H])c3c(-c3cc4ccccc4cc3-c3ccc4oc5ccc6ccccc6c5c4c3)c2c1[2H]. The summed E-state index contributed by atoms with van der Waals surface area (Å²) in [5.74, 6) is 0. The van der Waals surface area contributed by atoms with E-state index in [0.29, 0.717) is 27.8 Å². The maximum absolute atomic E-state index is 9.63. The number of hydrogen-bond donors (Lipinski definition) is 0. The van der Waals surface area contributed by atoms with Gasteiger partial charge >= 0.3 is 0 Å². The lowest BCUT2D eigenvalue weighted by Gasteiger charge is -2.21. The fraction of sp³-hybridized carbons (Fsp3) is 0. The van der Waals surface area contributed by atoms with E-state index < -0.39 is 24.2 Å². The molecule has 1 heterocycles. The van der Waals surface area contributed by atoms with Gasteiger partial charge in [0.2, 0.25) is 0 Å². The van der Waals surface area contributed by atoms with Crippen LogP contribution in [0, 0.1) is 0 Å². The molecule has 1 nitrogen and oxygen atoms in total. The summed E-state index contributed by atoms with van der Waals surface area (Å²) >= 11 is 0. The first-order chi connectivity index (χ1) is 28.6. The Morgan fingerprint density at radius 1 is 0.353 bits per heavy atom. The molecule has 11 rings (SSSR count). The van der Waals surface area contributed by atoms with Gasteiger partial charge in [-0.05, 0) is 118 Å². The summed E-state index contributed by atoms with van der Waals surface area (Å²) < 4.78 is 80.7. The second kappa shape index (κ2) is 10.9. The first-order valence-electron chi connectivity index (χ1n) is 20.9. The summed E-state index contributed by atoms with van der Waals surface area (Å²) in [5.41, 5.74) is 4.79. The summed E-state index contributed by atoms with van der Waals surface area (Å²) in [5, 5.41) is 8.16. The zero-order chi connectivity index (χ0) is 40.4. The molecular weight excluding hydrogens is 617 g/mol. The average molecular weight is 655 g/mol. The first kappa shape index (κ1) is 21.4. The van der Waals surface area contributed by atoms with Crippen molar-refractivity contribution < 1.29 is 15.4 Å². The minimum atomic E-state index is -0.437. The standard InChI is InChI=1S/C50H30O/c1-2-15-34-29-44(43(28-33(34)14-1)35-25-26-46-45(30-35)50-37-18-6-4-13-32(37)24-27-47(50)51-46)49-41-21-9-7-19-39(41)48(40-20-8-10-22-42(40)49)38-23-11-16-31-12-3-5-17-36(31)38/h1-30H/i7D,8D,9D,10D,19D,20D,21D,22D. The van der Waals surface area contributed by atoms with Crippen molar-refractivity contribution in [2.45, 2.75) is 0 Å². The van der Waals surface area contributed by atoms with Gasteiger partial charge in [0.25, 0.3) is 0 Å². The summed E-state index contributed by atoms with van der Waals surface area (Å²) in [6.07, 6.45) is 0. The minimum absolute atomic E-state index is 0.175. The maximum atomic E-state index is 9.63. The van der Waals surface area contributed by atoms with E-state index in [1.165, 1.54) is 0 Å². The van der Waals surface area contributed by atoms with Crippen molar-refractivity contribution in [2.75, 3.05) is 0 Å². The molecule has 0 atom stereocenters. The second-order valence-corrected chi connectivity index (χ2v) is 13.0. The number of fused-ring (bicyclic) bond motifs is 9. The third-order valence-electron chi connectivity index (χ3n) is 10.3. The molecule has 0 unspecified atom stereocenters. The van der Waals surface area contributed by atoms with E-state index in [0.717, 1.165) is 59.8 Å². The second-order valence-electron chi connectivity index (χ2n) is 13.0. The highest BCUT2D eigenvalue weighted by molar-refractivity contribution is 6.25. The van der Waals surface area contributed by atoms with Crippen molar-refractivity contribution in [3.05, 3.63) is 182 Å². The molecule has 0 amide bonds. The van der Waals surface area contributed by atoms with Gasteiger partial charge in [0, 0.05) is 10.8 Å². The minimum Gasteiger partial charge on any atom is -0.456 e. The molecule has 236 valence electrons. The largest absolute Gasteiger partial charge is 0.456 e. The van der Waals surface area contributed by atoms with Gasteiger partial charge in [0.05, 0.1) is 11.0 Å². The highest BCUT2D eigenvalue weighted by Crippen LogP contribution is 2.48. The van der Waals surface area contributed by atoms with Crippen molar-refractivity contribution in [1.82, 2.24) is 0 Å². The Hall–Kier alpha value is -6.70. The Morgan fingerprint density at radius 2 is 0.882 bits per heavy atom. The number of furan rings is 1. The maximum Gasteiger partial charge on any atom is 0.136 e. The van der Waals surface area contributed by atoms with Gasteiger partial charge in [-0.3, -0.25) is 0 Å². The van der Waals surface area contributed by atoms with Crippen LogP contribution < -0.4 is 0 Å². The Kier molecular flexibility index (Phi) is 4.57. The van der Waals surface area contributed by atoms with E-state index in [9.17, 15) is 5.48 Å². The van der Waals surface area contributed by atoms with Crippen LogP contribution in [0.2, 0.25) is 0 Å². The molecule has 10 aromatic carbocycles. The molecule has 0 saturated carbocycles. The van der Waals surface area contributed by atoms with Gasteiger partial charge in [0.15, 0.2) is 0 Å². The van der Waals surface area contributed by atoms with Crippen LogP contribution in [0.5, 0.6) is 0 Å². The van der Waals surface area contributed by atoms with Gasteiger partial charge in [-0.15, -0.1) is 0 Å². The molecule has 0 spiro atoms. The molecule has 11 aromatic rings. The van der Waals surface area contributed by atoms with Crippen LogP contribution in [0.25, 0.3) is 109 Å². The van der Waals surface area contributed by atoms with Gasteiger partial charge in [-0.2, -0.15) is 0 Å². The van der Waals surface area contributed by atoms with Gasteiger partial charge in [0.1, 0.15) is 11.2 Å². The van der Waals surface area contributed by atoms with E-state index in [4.69, 9.17) is 9.90 Å². The van der Waals surface area contributed by atoms with Crippen LogP contribution in [0.3, 0.4) is 0 Å². The molecule has 1 heteroatoms. The number of hydrogen-bond acceptors (Lipinski definition) is 1. The summed E-state index contributed by atoms with van der Waals surface area (Å²) in [6.45, 7) is 0. The molecule has 1 aromatic heterocycles. The Balaban J connectivity index is 1.37. The molecule has 0 saturated heterocycles. The monoisotopic (exact) mass is 654 g/mol. The lowest BCUT2D eigenvalue weighted by Crippen LogP contribution is -1.94. The molecule has 0 fully saturated rings. The molecule has 0 aliphatic carbocycles. The van der Waals surface area contributed by atoms with Crippen LogP contribution in [-0.4, -0.2) is 0 Å². The predicted molar refractivity (Wildman–Crippen MR) is 218 cm³/mol. The van der Waals surface area contributed by atoms with E-state index in [2.05, 4.69) is 24.3 Å². The molecule has 51 heavy (non-hydrogen) atoms. The van der Waals surface area contributed by atoms with E-state index in [1.807, 2.05) is 109 Å². The predicted octanol–water partition coefficient (Wildman–Crippen LogP) is 14.4. The van der Waals surface area contributed by atoms with Gasteiger partial charge in [-0.25, -0.2) is 0 Å². The molecule has 0 aliphatic heterocycles. The van der Waals surface area contributed by atoms with Gasteiger partial charge in [-0.1, -0.05) is 151 Å². The van der Waals surface area contributed by atoms with E-state index in [1.54, 1.807) is 0 Å². The number of rotatable bonds is 3. The fourth-order valence-corrected chi connectivity index (χ4v) is 8.01. The van der Waals surface area contributed by atoms with Crippen molar-refractivity contribution in [1.29, 1.82) is 0 Å². The third-order valence-corrected chi connectivity index (χ3v) is 10.3.